The molecule has 1 aliphatic heterocycles. The van der Waals surface area contributed by atoms with Crippen molar-refractivity contribution in [3.05, 3.63) is 68.6 Å². The summed E-state index contributed by atoms with van der Waals surface area (Å²) < 4.78 is 0. The zero-order chi connectivity index (χ0) is 21.0. The van der Waals surface area contributed by atoms with Crippen LogP contribution < -0.4 is 5.56 Å². The maximum absolute atomic E-state index is 12.6. The van der Waals surface area contributed by atoms with E-state index in [4.69, 9.17) is 0 Å². The summed E-state index contributed by atoms with van der Waals surface area (Å²) in [6, 6.07) is 11.1. The lowest BCUT2D eigenvalue weighted by molar-refractivity contribution is -0.132. The maximum atomic E-state index is 12.6. The minimum Gasteiger partial charge on any atom is -0.339 e. The van der Waals surface area contributed by atoms with Crippen LogP contribution in [0, 0.1) is 25.2 Å². The van der Waals surface area contributed by atoms with Crippen LogP contribution in [0.25, 0.3) is 0 Å². The zero-order valence-electron chi connectivity index (χ0n) is 16.7. The fourth-order valence-electron chi connectivity index (χ4n) is 3.73. The average Bonchev–Trinajstić information content (AvgIpc) is 2.73. The van der Waals surface area contributed by atoms with E-state index in [9.17, 15) is 19.6 Å². The number of benzene rings is 1. The van der Waals surface area contributed by atoms with Gasteiger partial charge in [-0.15, -0.1) is 0 Å². The van der Waals surface area contributed by atoms with Crippen molar-refractivity contribution in [1.82, 2.24) is 14.8 Å². The fourth-order valence-corrected chi connectivity index (χ4v) is 3.73. The molecule has 0 atom stereocenters. The number of carbonyl (C=O) groups excluding carboxylic acids is 2. The van der Waals surface area contributed by atoms with E-state index >= 15 is 0 Å². The van der Waals surface area contributed by atoms with Gasteiger partial charge in [-0.25, -0.2) is 0 Å². The highest BCUT2D eigenvalue weighted by Gasteiger charge is 2.25. The second-order valence-corrected chi connectivity index (χ2v) is 7.21. The Bertz CT molecular complexity index is 1010. The Labute approximate surface area is 169 Å². The van der Waals surface area contributed by atoms with Gasteiger partial charge in [0.1, 0.15) is 11.6 Å². The number of piperazine rings is 1. The first-order valence-electron chi connectivity index (χ1n) is 9.67. The summed E-state index contributed by atoms with van der Waals surface area (Å²) in [4.78, 5) is 43.2. The van der Waals surface area contributed by atoms with Crippen molar-refractivity contribution >= 4 is 11.8 Å². The number of nitrogens with one attached hydrogen (secondary N) is 1. The fraction of sp³-hybridized carbons (Fsp3) is 0.364. The van der Waals surface area contributed by atoms with Crippen LogP contribution in [-0.4, -0.2) is 52.8 Å². The smallest absolute Gasteiger partial charge is 0.266 e. The van der Waals surface area contributed by atoms with Crippen LogP contribution in [0.15, 0.2) is 35.1 Å². The molecule has 2 aromatic rings. The summed E-state index contributed by atoms with van der Waals surface area (Å²) in [7, 11) is 0. The molecule has 1 aromatic heterocycles. The van der Waals surface area contributed by atoms with Gasteiger partial charge < -0.3 is 14.8 Å². The molecule has 2 heterocycles. The van der Waals surface area contributed by atoms with Gasteiger partial charge in [-0.2, -0.15) is 5.26 Å². The largest absolute Gasteiger partial charge is 0.339 e. The highest BCUT2D eigenvalue weighted by atomic mass is 16.2. The number of hydrogen-bond acceptors (Lipinski definition) is 4. The van der Waals surface area contributed by atoms with Crippen LogP contribution in [0.1, 0.15) is 39.2 Å². The molecule has 1 N–H and O–H groups in total. The second-order valence-electron chi connectivity index (χ2n) is 7.21. The molecular formula is C22H24N4O3. The minimum absolute atomic E-state index is 0.0128. The van der Waals surface area contributed by atoms with E-state index in [1.165, 1.54) is 0 Å². The first-order valence-corrected chi connectivity index (χ1v) is 9.67. The molecule has 1 fully saturated rings. The SMILES string of the molecule is Cc1[nH]c(=O)c(C#N)c(C)c1CCC(=O)N1CCN(C(=O)c2ccccc2)CC1. The molecular weight excluding hydrogens is 368 g/mol. The molecule has 7 nitrogen and oxygen atoms in total. The number of pyridine rings is 1. The lowest BCUT2D eigenvalue weighted by Crippen LogP contribution is -2.50. The third-order valence-electron chi connectivity index (χ3n) is 5.45. The van der Waals surface area contributed by atoms with Crippen LogP contribution >= 0.6 is 0 Å². The summed E-state index contributed by atoms with van der Waals surface area (Å²) in [6.45, 7) is 5.55. The molecule has 0 saturated carbocycles. The third kappa shape index (κ3) is 4.37. The molecule has 7 heteroatoms. The monoisotopic (exact) mass is 392 g/mol. The van der Waals surface area contributed by atoms with Crippen molar-refractivity contribution < 1.29 is 9.59 Å². The first-order chi connectivity index (χ1) is 13.9. The molecule has 0 bridgehead atoms. The second kappa shape index (κ2) is 8.74. The molecule has 0 radical (unpaired) electrons. The number of aromatic nitrogens is 1. The number of carbonyl (C=O) groups is 2. The van der Waals surface area contributed by atoms with Crippen LogP contribution in [0.3, 0.4) is 0 Å². The van der Waals surface area contributed by atoms with Gasteiger partial charge in [-0.1, -0.05) is 18.2 Å². The number of hydrogen-bond donors (Lipinski definition) is 1. The predicted molar refractivity (Wildman–Crippen MR) is 108 cm³/mol. The molecule has 2 amide bonds. The Morgan fingerprint density at radius 1 is 1.07 bits per heavy atom. The molecule has 1 saturated heterocycles. The van der Waals surface area contributed by atoms with E-state index in [0.29, 0.717) is 55.8 Å². The molecule has 1 aliphatic rings. The number of amides is 2. The molecule has 3 rings (SSSR count). The molecule has 0 spiro atoms. The Hall–Kier alpha value is -3.40. The van der Waals surface area contributed by atoms with E-state index in [0.717, 1.165) is 5.56 Å². The Balaban J connectivity index is 1.58. The molecule has 0 aliphatic carbocycles. The van der Waals surface area contributed by atoms with Crippen molar-refractivity contribution in [1.29, 1.82) is 5.26 Å². The number of nitrogens with zero attached hydrogens (tertiary/aromatic N) is 3. The lowest BCUT2D eigenvalue weighted by Gasteiger charge is -2.35. The average molecular weight is 392 g/mol. The summed E-state index contributed by atoms with van der Waals surface area (Å²) in [6.07, 6.45) is 0.760. The van der Waals surface area contributed by atoms with Gasteiger partial charge >= 0.3 is 0 Å². The van der Waals surface area contributed by atoms with Crippen molar-refractivity contribution in [2.24, 2.45) is 0 Å². The highest BCUT2D eigenvalue weighted by Crippen LogP contribution is 2.16. The maximum Gasteiger partial charge on any atom is 0.266 e. The summed E-state index contributed by atoms with van der Waals surface area (Å²) in [5.41, 5.74) is 2.54. The van der Waals surface area contributed by atoms with E-state index in [1.54, 1.807) is 35.8 Å². The zero-order valence-corrected chi connectivity index (χ0v) is 16.7. The van der Waals surface area contributed by atoms with Crippen molar-refractivity contribution in [2.45, 2.75) is 26.7 Å². The predicted octanol–water partition coefficient (Wildman–Crippen LogP) is 1.78. The summed E-state index contributed by atoms with van der Waals surface area (Å²) >= 11 is 0. The number of rotatable bonds is 4. The molecule has 1 aromatic carbocycles. The molecule has 29 heavy (non-hydrogen) atoms. The van der Waals surface area contributed by atoms with Gasteiger partial charge in [-0.05, 0) is 43.5 Å². The number of nitriles is 1. The first kappa shape index (κ1) is 20.3. The number of aryl methyl sites for hydroxylation is 1. The van der Waals surface area contributed by atoms with E-state index in [2.05, 4.69) is 4.98 Å². The molecule has 150 valence electrons. The van der Waals surface area contributed by atoms with Gasteiger partial charge in [0, 0.05) is 43.9 Å². The third-order valence-corrected chi connectivity index (χ3v) is 5.45. The Morgan fingerprint density at radius 3 is 2.31 bits per heavy atom. The topological polar surface area (TPSA) is 97.3 Å². The Kier molecular flexibility index (Phi) is 6.13. The normalized spacial score (nSPS) is 13.8. The number of aromatic amines is 1. The standard InChI is InChI=1S/C22H24N4O3/c1-15-18(16(2)24-21(28)19(15)14-23)8-9-20(27)25-10-12-26(13-11-25)22(29)17-6-4-3-5-7-17/h3-7H,8-13H2,1-2H3,(H,24,28). The van der Waals surface area contributed by atoms with Gasteiger partial charge in [0.2, 0.25) is 5.91 Å². The van der Waals surface area contributed by atoms with Crippen LogP contribution in [0.2, 0.25) is 0 Å². The highest BCUT2D eigenvalue weighted by molar-refractivity contribution is 5.94. The van der Waals surface area contributed by atoms with Gasteiger partial charge in [0.05, 0.1) is 0 Å². The van der Waals surface area contributed by atoms with Crippen molar-refractivity contribution in [3.63, 3.8) is 0 Å². The quantitative estimate of drug-likeness (QED) is 0.858. The van der Waals surface area contributed by atoms with Crippen LogP contribution in [-0.2, 0) is 11.2 Å². The van der Waals surface area contributed by atoms with Gasteiger partial charge in [0.25, 0.3) is 11.5 Å². The van der Waals surface area contributed by atoms with E-state index in [-0.39, 0.29) is 17.4 Å². The lowest BCUT2D eigenvalue weighted by atomic mass is 9.99. The minimum atomic E-state index is -0.392. The number of H-pyrrole nitrogens is 1. The van der Waals surface area contributed by atoms with Crippen LogP contribution in [0.5, 0.6) is 0 Å². The summed E-state index contributed by atoms with van der Waals surface area (Å²) in [5.74, 6) is 0.00143. The molecule has 0 unspecified atom stereocenters. The van der Waals surface area contributed by atoms with Gasteiger partial charge in [0.15, 0.2) is 0 Å². The summed E-state index contributed by atoms with van der Waals surface area (Å²) in [5, 5.41) is 9.17. The van der Waals surface area contributed by atoms with E-state index in [1.807, 2.05) is 24.3 Å². The van der Waals surface area contributed by atoms with E-state index < -0.39 is 5.56 Å². The van der Waals surface area contributed by atoms with Crippen molar-refractivity contribution in [3.8, 4) is 6.07 Å². The van der Waals surface area contributed by atoms with Gasteiger partial charge in [-0.3, -0.25) is 14.4 Å². The Morgan fingerprint density at radius 2 is 1.69 bits per heavy atom. The van der Waals surface area contributed by atoms with Crippen LogP contribution in [0.4, 0.5) is 0 Å². The van der Waals surface area contributed by atoms with Crippen molar-refractivity contribution in [2.75, 3.05) is 26.2 Å².